The maximum atomic E-state index is 11.3. The predicted octanol–water partition coefficient (Wildman–Crippen LogP) is 0.532. The zero-order valence-electron chi connectivity index (χ0n) is 11.0. The van der Waals surface area contributed by atoms with Crippen LogP contribution in [0.25, 0.3) is 0 Å². The van der Waals surface area contributed by atoms with Crippen LogP contribution in [0.1, 0.15) is 11.7 Å². The van der Waals surface area contributed by atoms with Crippen LogP contribution < -0.4 is 19.5 Å². The van der Waals surface area contributed by atoms with Gasteiger partial charge in [-0.1, -0.05) is 0 Å². The fourth-order valence-electron chi connectivity index (χ4n) is 2.01. The Morgan fingerprint density at radius 2 is 1.79 bits per heavy atom. The first-order valence-corrected chi connectivity index (χ1v) is 5.66. The van der Waals surface area contributed by atoms with Crippen LogP contribution in [-0.2, 0) is 4.79 Å². The average molecular weight is 268 g/mol. The van der Waals surface area contributed by atoms with Gasteiger partial charge in [0.25, 0.3) is 5.91 Å². The van der Waals surface area contributed by atoms with Crippen molar-refractivity contribution >= 4 is 5.91 Å². The summed E-state index contributed by atoms with van der Waals surface area (Å²) in [5.41, 5.74) is 0.642. The van der Waals surface area contributed by atoms with E-state index >= 15 is 0 Å². The van der Waals surface area contributed by atoms with E-state index in [-0.39, 0.29) is 6.54 Å². The monoisotopic (exact) mass is 268 g/mol. The smallest absolute Gasteiger partial charge is 0.261 e. The van der Waals surface area contributed by atoms with Gasteiger partial charge in [-0.25, -0.2) is 5.06 Å². The molecule has 0 unspecified atom stereocenters. The highest BCUT2D eigenvalue weighted by Gasteiger charge is 2.32. The second-order valence-corrected chi connectivity index (χ2v) is 3.98. The SMILES string of the molecule is COc1cc([C@H]2NCC(=O)N2O)cc(OC)c1OC. The molecule has 1 aliphatic heterocycles. The Kier molecular flexibility index (Phi) is 3.77. The van der Waals surface area contributed by atoms with E-state index < -0.39 is 12.1 Å². The van der Waals surface area contributed by atoms with Crippen molar-refractivity contribution < 1.29 is 24.2 Å². The number of hydroxylamine groups is 2. The molecule has 0 spiro atoms. The summed E-state index contributed by atoms with van der Waals surface area (Å²) in [4.78, 5) is 11.3. The minimum Gasteiger partial charge on any atom is -0.493 e. The number of carbonyl (C=O) groups is 1. The fourth-order valence-corrected chi connectivity index (χ4v) is 2.01. The van der Waals surface area contributed by atoms with Crippen LogP contribution in [0.4, 0.5) is 0 Å². The molecule has 2 N–H and O–H groups in total. The predicted molar refractivity (Wildman–Crippen MR) is 65.5 cm³/mol. The Labute approximate surface area is 110 Å². The van der Waals surface area contributed by atoms with Crippen molar-refractivity contribution in [2.45, 2.75) is 6.17 Å². The Bertz CT molecular complexity index is 466. The van der Waals surface area contributed by atoms with Crippen molar-refractivity contribution in [1.29, 1.82) is 0 Å². The second kappa shape index (κ2) is 5.33. The molecule has 104 valence electrons. The van der Waals surface area contributed by atoms with Crippen LogP contribution in [0.15, 0.2) is 12.1 Å². The van der Waals surface area contributed by atoms with E-state index in [1.54, 1.807) is 12.1 Å². The molecule has 1 atom stereocenters. The van der Waals surface area contributed by atoms with Gasteiger partial charge in [0.15, 0.2) is 11.5 Å². The van der Waals surface area contributed by atoms with Crippen molar-refractivity contribution in [3.63, 3.8) is 0 Å². The van der Waals surface area contributed by atoms with Crippen molar-refractivity contribution in [2.75, 3.05) is 27.9 Å². The molecule has 19 heavy (non-hydrogen) atoms. The summed E-state index contributed by atoms with van der Waals surface area (Å²) in [6, 6.07) is 3.36. The van der Waals surface area contributed by atoms with Gasteiger partial charge in [0.1, 0.15) is 6.17 Å². The van der Waals surface area contributed by atoms with Gasteiger partial charge in [-0.05, 0) is 17.7 Å². The third-order valence-corrected chi connectivity index (χ3v) is 2.95. The van der Waals surface area contributed by atoms with Crippen molar-refractivity contribution in [1.82, 2.24) is 10.4 Å². The lowest BCUT2D eigenvalue weighted by molar-refractivity contribution is -0.165. The van der Waals surface area contributed by atoms with Crippen molar-refractivity contribution in [2.24, 2.45) is 0 Å². The quantitative estimate of drug-likeness (QED) is 0.775. The Morgan fingerprint density at radius 3 is 2.16 bits per heavy atom. The standard InChI is InChI=1S/C12H16N2O5/c1-17-8-4-7(5-9(18-2)11(8)19-3)12-13-6-10(15)14(12)16/h4-5,12-13,16H,6H2,1-3H3/t12-/m0/s1. The van der Waals surface area contributed by atoms with E-state index in [0.29, 0.717) is 27.9 Å². The molecule has 7 heteroatoms. The molecule has 0 radical (unpaired) electrons. The summed E-state index contributed by atoms with van der Waals surface area (Å²) in [5, 5.41) is 13.2. The molecular weight excluding hydrogens is 252 g/mol. The van der Waals surface area contributed by atoms with Gasteiger partial charge >= 0.3 is 0 Å². The normalized spacial score (nSPS) is 18.6. The van der Waals surface area contributed by atoms with Crippen LogP contribution in [0.2, 0.25) is 0 Å². The van der Waals surface area contributed by atoms with Gasteiger partial charge in [0.05, 0.1) is 27.9 Å². The molecule has 7 nitrogen and oxygen atoms in total. The van der Waals surface area contributed by atoms with E-state index in [0.717, 1.165) is 0 Å². The van der Waals surface area contributed by atoms with Gasteiger partial charge in [-0.3, -0.25) is 15.3 Å². The molecule has 1 fully saturated rings. The first-order chi connectivity index (χ1) is 9.12. The second-order valence-electron chi connectivity index (χ2n) is 3.98. The number of nitrogens with one attached hydrogen (secondary N) is 1. The summed E-state index contributed by atoms with van der Waals surface area (Å²) in [6.45, 7) is 0.0812. The zero-order valence-corrected chi connectivity index (χ0v) is 11.0. The van der Waals surface area contributed by atoms with E-state index in [2.05, 4.69) is 5.32 Å². The minimum absolute atomic E-state index is 0.0812. The maximum Gasteiger partial charge on any atom is 0.261 e. The molecule has 0 aromatic heterocycles. The average Bonchev–Trinajstić information content (AvgIpc) is 2.77. The molecule has 1 saturated heterocycles. The van der Waals surface area contributed by atoms with Gasteiger partial charge in [0, 0.05) is 0 Å². The summed E-state index contributed by atoms with van der Waals surface area (Å²) >= 11 is 0. The highest BCUT2D eigenvalue weighted by molar-refractivity contribution is 5.79. The highest BCUT2D eigenvalue weighted by atomic mass is 16.5. The van der Waals surface area contributed by atoms with Crippen LogP contribution in [0.3, 0.4) is 0 Å². The lowest BCUT2D eigenvalue weighted by Gasteiger charge is -2.20. The summed E-state index contributed by atoms with van der Waals surface area (Å²) in [5.74, 6) is 0.999. The lowest BCUT2D eigenvalue weighted by Crippen LogP contribution is -2.26. The van der Waals surface area contributed by atoms with E-state index in [4.69, 9.17) is 14.2 Å². The number of ether oxygens (including phenoxy) is 3. The topological polar surface area (TPSA) is 80.3 Å². The number of benzene rings is 1. The molecule has 2 rings (SSSR count). The molecule has 1 aromatic carbocycles. The van der Waals surface area contributed by atoms with Gasteiger partial charge in [0.2, 0.25) is 5.75 Å². The highest BCUT2D eigenvalue weighted by Crippen LogP contribution is 2.40. The zero-order chi connectivity index (χ0) is 14.0. The molecular formula is C12H16N2O5. The number of hydrogen-bond donors (Lipinski definition) is 2. The molecule has 0 aliphatic carbocycles. The largest absolute Gasteiger partial charge is 0.493 e. The van der Waals surface area contributed by atoms with E-state index in [1.807, 2.05) is 0 Å². The van der Waals surface area contributed by atoms with Gasteiger partial charge < -0.3 is 14.2 Å². The summed E-state index contributed by atoms with van der Waals surface area (Å²) in [6.07, 6.45) is -0.624. The lowest BCUT2D eigenvalue weighted by atomic mass is 10.1. The first kappa shape index (κ1) is 13.4. The third-order valence-electron chi connectivity index (χ3n) is 2.95. The molecule has 1 aromatic rings. The number of hydrogen-bond acceptors (Lipinski definition) is 6. The fraction of sp³-hybridized carbons (Fsp3) is 0.417. The van der Waals surface area contributed by atoms with Crippen molar-refractivity contribution in [3.05, 3.63) is 17.7 Å². The number of nitrogens with zero attached hydrogens (tertiary/aromatic N) is 1. The van der Waals surface area contributed by atoms with E-state index in [1.165, 1.54) is 21.3 Å². The Hall–Kier alpha value is -1.99. The molecule has 1 heterocycles. The first-order valence-electron chi connectivity index (χ1n) is 5.66. The number of carbonyl (C=O) groups excluding carboxylic acids is 1. The number of amides is 1. The summed E-state index contributed by atoms with van der Waals surface area (Å²) < 4.78 is 15.7. The minimum atomic E-state index is -0.624. The van der Waals surface area contributed by atoms with Gasteiger partial charge in [-0.2, -0.15) is 0 Å². The van der Waals surface area contributed by atoms with Gasteiger partial charge in [-0.15, -0.1) is 0 Å². The number of rotatable bonds is 4. The van der Waals surface area contributed by atoms with Crippen LogP contribution in [0, 0.1) is 0 Å². The molecule has 1 amide bonds. The van der Waals surface area contributed by atoms with Crippen LogP contribution in [0.5, 0.6) is 17.2 Å². The van der Waals surface area contributed by atoms with Crippen LogP contribution in [-0.4, -0.2) is 44.1 Å². The Morgan fingerprint density at radius 1 is 1.21 bits per heavy atom. The molecule has 0 saturated carbocycles. The number of methoxy groups -OCH3 is 3. The molecule has 0 bridgehead atoms. The van der Waals surface area contributed by atoms with Crippen molar-refractivity contribution in [3.8, 4) is 17.2 Å². The molecule has 1 aliphatic rings. The van der Waals surface area contributed by atoms with E-state index in [9.17, 15) is 10.0 Å². The van der Waals surface area contributed by atoms with Crippen LogP contribution >= 0.6 is 0 Å². The maximum absolute atomic E-state index is 11.3. The Balaban J connectivity index is 2.44. The third kappa shape index (κ3) is 2.29. The summed E-state index contributed by atoms with van der Waals surface area (Å²) in [7, 11) is 4.52.